The number of hydrogen-bond donors (Lipinski definition) is 1. The lowest BCUT2D eigenvalue weighted by atomic mass is 9.98. The minimum absolute atomic E-state index is 0.288. The topological polar surface area (TPSA) is 65.0 Å². The molecule has 1 N–H and O–H groups in total. The third kappa shape index (κ3) is 4.04. The molecule has 1 atom stereocenters. The number of amides is 1. The van der Waals surface area contributed by atoms with Crippen LogP contribution in [0.15, 0.2) is 42.6 Å². The molecule has 1 aromatic carbocycles. The Kier molecular flexibility index (Phi) is 5.09. The van der Waals surface area contributed by atoms with E-state index in [0.29, 0.717) is 11.1 Å². The number of carbonyl (C=O) groups excluding carboxylic acids is 1. The maximum absolute atomic E-state index is 12.7. The molecular weight excluding hydrogens is 321 g/mol. The maximum atomic E-state index is 12.7. The van der Waals surface area contributed by atoms with Crippen LogP contribution in [-0.4, -0.2) is 11.1 Å². The quantitative estimate of drug-likeness (QED) is 0.878. The first-order chi connectivity index (χ1) is 11.3. The van der Waals surface area contributed by atoms with Gasteiger partial charge in [-0.15, -0.1) is 5.92 Å². The Hall–Kier alpha value is -3.01. The van der Waals surface area contributed by atoms with Gasteiger partial charge in [-0.2, -0.15) is 13.2 Å². The molecule has 0 spiro atoms. The van der Waals surface area contributed by atoms with Gasteiger partial charge in [0.1, 0.15) is 6.09 Å². The highest BCUT2D eigenvalue weighted by molar-refractivity contribution is 5.64. The van der Waals surface area contributed by atoms with Gasteiger partial charge in [-0.3, -0.25) is 4.98 Å². The largest absolute Gasteiger partial charge is 0.530 e. The van der Waals surface area contributed by atoms with Gasteiger partial charge in [0.25, 0.3) is 0 Å². The Morgan fingerprint density at radius 3 is 2.46 bits per heavy atom. The van der Waals surface area contributed by atoms with Gasteiger partial charge in [0.2, 0.25) is 0 Å². The predicted octanol–water partition coefficient (Wildman–Crippen LogP) is 2.49. The first-order valence-corrected chi connectivity index (χ1v) is 6.85. The van der Waals surface area contributed by atoms with E-state index in [1.165, 1.54) is 18.3 Å². The van der Waals surface area contributed by atoms with Crippen molar-refractivity contribution in [1.82, 2.24) is 10.3 Å². The van der Waals surface area contributed by atoms with Crippen LogP contribution in [0.3, 0.4) is 0 Å². The fraction of sp³-hybridized carbons (Fsp3) is 0.176. The average molecular weight is 333 g/mol. The molecule has 2 rings (SSSR count). The van der Waals surface area contributed by atoms with Gasteiger partial charge in [-0.05, 0) is 36.8 Å². The summed E-state index contributed by atoms with van der Waals surface area (Å²) in [6.07, 6.45) is -4.59. The summed E-state index contributed by atoms with van der Waals surface area (Å²) in [6, 6.07) is 6.44. The summed E-state index contributed by atoms with van der Waals surface area (Å²) in [5, 5.41) is 13.1. The lowest BCUT2D eigenvalue weighted by Gasteiger charge is -2.22. The van der Waals surface area contributed by atoms with Gasteiger partial charge in [-0.1, -0.05) is 18.1 Å². The van der Waals surface area contributed by atoms with Gasteiger partial charge < -0.3 is 15.2 Å². The van der Waals surface area contributed by atoms with Crippen LogP contribution in [0, 0.1) is 11.8 Å². The monoisotopic (exact) mass is 333 g/mol. The summed E-state index contributed by atoms with van der Waals surface area (Å²) < 4.78 is 38.0. The minimum Gasteiger partial charge on any atom is -0.530 e. The van der Waals surface area contributed by atoms with Gasteiger partial charge in [-0.25, -0.2) is 0 Å². The van der Waals surface area contributed by atoms with Crippen molar-refractivity contribution in [3.8, 4) is 11.8 Å². The lowest BCUT2D eigenvalue weighted by Crippen LogP contribution is -2.40. The van der Waals surface area contributed by atoms with E-state index in [9.17, 15) is 23.1 Å². The number of rotatable bonds is 3. The number of benzene rings is 1. The number of carbonyl (C=O) groups is 1. The first kappa shape index (κ1) is 17.3. The molecule has 0 aliphatic carbocycles. The van der Waals surface area contributed by atoms with Crippen LogP contribution in [0.1, 0.15) is 35.3 Å². The molecule has 0 fully saturated rings. The number of alkyl halides is 3. The number of carboxylic acid groups (broad SMARTS) is 1. The van der Waals surface area contributed by atoms with Crippen LogP contribution in [0.5, 0.6) is 0 Å². The third-order valence-electron chi connectivity index (χ3n) is 3.21. The molecule has 1 heterocycles. The molecule has 0 aliphatic rings. The van der Waals surface area contributed by atoms with Crippen molar-refractivity contribution in [2.75, 3.05) is 0 Å². The Bertz CT molecular complexity index is 790. The molecule has 1 amide bonds. The summed E-state index contributed by atoms with van der Waals surface area (Å²) in [5.74, 6) is 5.47. The molecule has 4 nitrogen and oxygen atoms in total. The van der Waals surface area contributed by atoms with Gasteiger partial charge in [0, 0.05) is 11.8 Å². The van der Waals surface area contributed by atoms with E-state index in [1.54, 1.807) is 19.1 Å². The molecule has 0 aliphatic heterocycles. The maximum Gasteiger partial charge on any atom is 0.416 e. The molecule has 2 aromatic rings. The summed E-state index contributed by atoms with van der Waals surface area (Å²) in [7, 11) is 0. The fourth-order valence-corrected chi connectivity index (χ4v) is 2.18. The Morgan fingerprint density at radius 2 is 1.92 bits per heavy atom. The van der Waals surface area contributed by atoms with E-state index >= 15 is 0 Å². The predicted molar refractivity (Wildman–Crippen MR) is 78.6 cm³/mol. The van der Waals surface area contributed by atoms with Gasteiger partial charge in [0.05, 0.1) is 17.3 Å². The second kappa shape index (κ2) is 7.04. The number of pyridine rings is 1. The lowest BCUT2D eigenvalue weighted by molar-refractivity contribution is -0.251. The van der Waals surface area contributed by atoms with Crippen LogP contribution in [-0.2, 0) is 6.18 Å². The highest BCUT2D eigenvalue weighted by atomic mass is 19.4. The Balaban J connectivity index is 2.50. The third-order valence-corrected chi connectivity index (χ3v) is 3.21. The first-order valence-electron chi connectivity index (χ1n) is 6.85. The van der Waals surface area contributed by atoms with Crippen molar-refractivity contribution in [1.29, 1.82) is 0 Å². The molecule has 24 heavy (non-hydrogen) atoms. The van der Waals surface area contributed by atoms with E-state index in [-0.39, 0.29) is 5.69 Å². The number of nitrogens with zero attached hydrogens (tertiary/aromatic N) is 1. The van der Waals surface area contributed by atoms with E-state index in [4.69, 9.17) is 0 Å². The average Bonchev–Trinajstić information content (AvgIpc) is 2.53. The Morgan fingerprint density at radius 1 is 1.25 bits per heavy atom. The molecule has 1 aromatic heterocycles. The minimum atomic E-state index is -4.47. The fourth-order valence-electron chi connectivity index (χ4n) is 2.18. The second-order valence-corrected chi connectivity index (χ2v) is 4.80. The molecule has 0 saturated heterocycles. The molecule has 0 saturated carbocycles. The Labute approximate surface area is 136 Å². The van der Waals surface area contributed by atoms with Crippen LogP contribution in [0.2, 0.25) is 0 Å². The van der Waals surface area contributed by atoms with Crippen molar-refractivity contribution in [2.45, 2.75) is 19.1 Å². The van der Waals surface area contributed by atoms with Crippen LogP contribution in [0.4, 0.5) is 18.0 Å². The molecule has 124 valence electrons. The number of aromatic nitrogens is 1. The second-order valence-electron chi connectivity index (χ2n) is 4.80. The van der Waals surface area contributed by atoms with Crippen molar-refractivity contribution >= 4 is 6.09 Å². The van der Waals surface area contributed by atoms with E-state index < -0.39 is 23.9 Å². The summed E-state index contributed by atoms with van der Waals surface area (Å²) in [4.78, 5) is 15.1. The molecule has 0 bridgehead atoms. The van der Waals surface area contributed by atoms with Gasteiger partial charge in [0.15, 0.2) is 0 Å². The zero-order valence-corrected chi connectivity index (χ0v) is 12.5. The summed E-state index contributed by atoms with van der Waals surface area (Å²) >= 11 is 0. The molecule has 0 unspecified atom stereocenters. The normalized spacial score (nSPS) is 12.0. The van der Waals surface area contributed by atoms with Crippen LogP contribution in [0.25, 0.3) is 0 Å². The van der Waals surface area contributed by atoms with Crippen LogP contribution >= 0.6 is 0 Å². The van der Waals surface area contributed by atoms with Crippen molar-refractivity contribution in [3.05, 3.63) is 65.0 Å². The van der Waals surface area contributed by atoms with Crippen molar-refractivity contribution in [3.63, 3.8) is 0 Å². The van der Waals surface area contributed by atoms with E-state index in [1.807, 2.05) is 0 Å². The van der Waals surface area contributed by atoms with E-state index in [2.05, 4.69) is 22.1 Å². The summed E-state index contributed by atoms with van der Waals surface area (Å²) in [6.45, 7) is 1.61. The summed E-state index contributed by atoms with van der Waals surface area (Å²) in [5.41, 5.74) is 0.229. The zero-order chi connectivity index (χ0) is 17.7. The number of hydrogen-bond acceptors (Lipinski definition) is 3. The highest BCUT2D eigenvalue weighted by Gasteiger charge is 2.30. The van der Waals surface area contributed by atoms with Gasteiger partial charge >= 0.3 is 6.18 Å². The number of nitrogens with one attached hydrogen (secondary N) is 1. The highest BCUT2D eigenvalue weighted by Crippen LogP contribution is 2.31. The standard InChI is InChI=1S/C17H13F3N2O2/c1-2-4-11-5-3-10-21-14(11)15(22-16(23)24)12-6-8-13(9-7-12)17(18,19)20/h3,5-10,15,22H,1H3,(H,23,24)/p-1/t15-/m0/s1. The smallest absolute Gasteiger partial charge is 0.416 e. The zero-order valence-electron chi connectivity index (χ0n) is 12.5. The molecule has 7 heteroatoms. The SMILES string of the molecule is CC#Cc1cccnc1[C@@H](NC(=O)[O-])c1ccc(C(F)(F)F)cc1. The molecule has 0 radical (unpaired) electrons. The van der Waals surface area contributed by atoms with Crippen molar-refractivity contribution < 1.29 is 23.1 Å². The number of halogens is 3. The van der Waals surface area contributed by atoms with E-state index in [0.717, 1.165) is 12.1 Å². The van der Waals surface area contributed by atoms with Crippen LogP contribution < -0.4 is 10.4 Å². The van der Waals surface area contributed by atoms with Crippen molar-refractivity contribution in [2.24, 2.45) is 0 Å². The molecular formula is C17H12F3N2O2-.